The van der Waals surface area contributed by atoms with Gasteiger partial charge in [0, 0.05) is 34.1 Å². The number of anilines is 1. The summed E-state index contributed by atoms with van der Waals surface area (Å²) in [5.74, 6) is -0.869. The minimum absolute atomic E-state index is 0.00494. The Labute approximate surface area is 297 Å². The van der Waals surface area contributed by atoms with Crippen LogP contribution in [0.25, 0.3) is 0 Å². The second-order valence-corrected chi connectivity index (χ2v) is 15.3. The first-order valence-electron chi connectivity index (χ1n) is 15.9. The normalized spacial score (nSPS) is 14.2. The molecule has 0 spiro atoms. The molecule has 7 nitrogen and oxygen atoms in total. The van der Waals surface area contributed by atoms with Crippen LogP contribution in [0.4, 0.5) is 5.69 Å². The molecule has 1 fully saturated rings. The van der Waals surface area contributed by atoms with E-state index in [-0.39, 0.29) is 29.8 Å². The van der Waals surface area contributed by atoms with Crippen molar-refractivity contribution in [3.05, 3.63) is 129 Å². The first kappa shape index (κ1) is 35.7. The summed E-state index contributed by atoms with van der Waals surface area (Å²) in [6.45, 7) is 1.23. The van der Waals surface area contributed by atoms with Crippen LogP contribution >= 0.6 is 34.8 Å². The largest absolute Gasteiger partial charge is 0.352 e. The number of hydrogen-bond donors (Lipinski definition) is 1. The zero-order valence-corrected chi connectivity index (χ0v) is 29.7. The maximum absolute atomic E-state index is 14.7. The van der Waals surface area contributed by atoms with Crippen LogP contribution in [0.2, 0.25) is 15.1 Å². The molecule has 11 heteroatoms. The van der Waals surface area contributed by atoms with Gasteiger partial charge in [0.2, 0.25) is 11.8 Å². The number of nitrogens with zero attached hydrogens (tertiary/aromatic N) is 2. The first-order chi connectivity index (χ1) is 23.0. The van der Waals surface area contributed by atoms with E-state index >= 15 is 0 Å². The predicted octanol–water partition coefficient (Wildman–Crippen LogP) is 8.24. The fraction of sp³-hybridized carbons (Fsp3) is 0.297. The van der Waals surface area contributed by atoms with Crippen molar-refractivity contribution >= 4 is 62.3 Å². The van der Waals surface area contributed by atoms with E-state index in [1.807, 2.05) is 43.3 Å². The molecule has 1 atom stereocenters. The van der Waals surface area contributed by atoms with Crippen LogP contribution in [0.1, 0.15) is 48.8 Å². The van der Waals surface area contributed by atoms with Gasteiger partial charge in [-0.25, -0.2) is 8.42 Å². The van der Waals surface area contributed by atoms with Crippen LogP contribution in [0.3, 0.4) is 0 Å². The Bertz CT molecular complexity index is 1830. The molecule has 0 aromatic heterocycles. The van der Waals surface area contributed by atoms with Crippen LogP contribution in [-0.4, -0.2) is 43.8 Å². The Morgan fingerprint density at radius 3 is 2.19 bits per heavy atom. The Kier molecular flexibility index (Phi) is 12.1. The van der Waals surface area contributed by atoms with E-state index in [0.717, 1.165) is 47.5 Å². The Balaban J connectivity index is 1.58. The lowest BCUT2D eigenvalue weighted by atomic mass is 9.94. The second kappa shape index (κ2) is 16.2. The van der Waals surface area contributed by atoms with Crippen LogP contribution in [-0.2, 0) is 32.6 Å². The summed E-state index contributed by atoms with van der Waals surface area (Å²) in [5.41, 5.74) is 2.55. The van der Waals surface area contributed by atoms with E-state index in [9.17, 15) is 18.0 Å². The molecular weight excluding hydrogens is 689 g/mol. The van der Waals surface area contributed by atoms with Gasteiger partial charge in [0.1, 0.15) is 12.6 Å². The van der Waals surface area contributed by atoms with Gasteiger partial charge in [-0.1, -0.05) is 103 Å². The van der Waals surface area contributed by atoms with Crippen LogP contribution in [0.15, 0.2) is 102 Å². The minimum atomic E-state index is -4.25. The minimum Gasteiger partial charge on any atom is -0.352 e. The molecule has 1 saturated carbocycles. The van der Waals surface area contributed by atoms with Crippen LogP contribution in [0, 0.1) is 6.92 Å². The lowest BCUT2D eigenvalue weighted by Gasteiger charge is -2.35. The number of rotatable bonds is 12. The van der Waals surface area contributed by atoms with Gasteiger partial charge in [-0.3, -0.25) is 13.9 Å². The van der Waals surface area contributed by atoms with E-state index < -0.39 is 28.5 Å². The standard InChI is InChI=1S/C37H38Cl3N3O4S/c1-26-9-8-14-32(21-26)43(48(46,47)33-19-17-29(38)18-20-33)25-36(44)42(24-28-15-16-30(39)23-34(28)40)35(22-27-10-4-2-5-11-27)37(45)41-31-12-6-3-7-13-31/h2,4-5,8-11,14-21,23,31,35H,3,6-7,12-13,22,24-25H2,1H3,(H,41,45)/t35-/m0/s1. The zero-order valence-electron chi connectivity index (χ0n) is 26.6. The Hall–Kier alpha value is -3.56. The van der Waals surface area contributed by atoms with Crippen LogP contribution in [0.5, 0.6) is 0 Å². The third-order valence-corrected chi connectivity index (χ3v) is 11.2. The number of carbonyl (C=O) groups is 2. The van der Waals surface area contributed by atoms with Gasteiger partial charge in [0.15, 0.2) is 0 Å². The molecule has 0 radical (unpaired) electrons. The zero-order chi connectivity index (χ0) is 34.3. The maximum atomic E-state index is 14.7. The van der Waals surface area contributed by atoms with E-state index in [1.54, 1.807) is 36.4 Å². The van der Waals surface area contributed by atoms with E-state index in [0.29, 0.717) is 26.3 Å². The van der Waals surface area contributed by atoms with E-state index in [2.05, 4.69) is 5.32 Å². The summed E-state index contributed by atoms with van der Waals surface area (Å²) in [4.78, 5) is 30.4. The molecule has 5 rings (SSSR count). The van der Waals surface area contributed by atoms with Gasteiger partial charge in [0.25, 0.3) is 10.0 Å². The van der Waals surface area contributed by atoms with Crippen molar-refractivity contribution < 1.29 is 18.0 Å². The van der Waals surface area contributed by atoms with Crippen molar-refractivity contribution in [3.8, 4) is 0 Å². The molecule has 0 unspecified atom stereocenters. The van der Waals surface area contributed by atoms with Crippen molar-refractivity contribution in [1.29, 1.82) is 0 Å². The number of sulfonamides is 1. The summed E-state index contributed by atoms with van der Waals surface area (Å²) >= 11 is 18.9. The van der Waals surface area contributed by atoms with Crippen LogP contribution < -0.4 is 9.62 Å². The number of aryl methyl sites for hydroxylation is 1. The number of hydrogen-bond acceptors (Lipinski definition) is 4. The highest BCUT2D eigenvalue weighted by atomic mass is 35.5. The van der Waals surface area contributed by atoms with Gasteiger partial charge in [-0.05, 0) is 85.0 Å². The average molecular weight is 727 g/mol. The SMILES string of the molecule is Cc1cccc(N(CC(=O)N(Cc2ccc(Cl)cc2Cl)[C@@H](Cc2ccccc2)C(=O)NC2CCCCC2)S(=O)(=O)c2ccc(Cl)cc2)c1. The van der Waals surface area contributed by atoms with Gasteiger partial charge in [0.05, 0.1) is 10.6 Å². The lowest BCUT2D eigenvalue weighted by molar-refractivity contribution is -0.140. The van der Waals surface area contributed by atoms with Crippen molar-refractivity contribution in [3.63, 3.8) is 0 Å². The van der Waals surface area contributed by atoms with Crippen molar-refractivity contribution in [2.75, 3.05) is 10.8 Å². The highest BCUT2D eigenvalue weighted by molar-refractivity contribution is 7.92. The third-order valence-electron chi connectivity index (χ3n) is 8.55. The number of carbonyl (C=O) groups excluding carboxylic acids is 2. The van der Waals surface area contributed by atoms with Crippen molar-refractivity contribution in [2.45, 2.75) is 69.0 Å². The smallest absolute Gasteiger partial charge is 0.264 e. The average Bonchev–Trinajstić information content (AvgIpc) is 3.07. The van der Waals surface area contributed by atoms with Gasteiger partial charge < -0.3 is 10.2 Å². The van der Waals surface area contributed by atoms with Crippen molar-refractivity contribution in [2.24, 2.45) is 0 Å². The number of halogens is 3. The highest BCUT2D eigenvalue weighted by Gasteiger charge is 2.35. The first-order valence-corrected chi connectivity index (χ1v) is 18.5. The fourth-order valence-corrected chi connectivity index (χ4v) is 7.98. The Morgan fingerprint density at radius 2 is 1.52 bits per heavy atom. The van der Waals surface area contributed by atoms with E-state index in [4.69, 9.17) is 34.8 Å². The molecule has 1 N–H and O–H groups in total. The summed E-state index contributed by atoms with van der Waals surface area (Å²) in [7, 11) is -4.25. The molecule has 4 aromatic carbocycles. The molecule has 0 bridgehead atoms. The highest BCUT2D eigenvalue weighted by Crippen LogP contribution is 2.28. The molecule has 0 saturated heterocycles. The van der Waals surface area contributed by atoms with E-state index in [1.165, 1.54) is 29.2 Å². The maximum Gasteiger partial charge on any atom is 0.264 e. The second-order valence-electron chi connectivity index (χ2n) is 12.1. The topological polar surface area (TPSA) is 86.8 Å². The monoisotopic (exact) mass is 725 g/mol. The quantitative estimate of drug-likeness (QED) is 0.159. The van der Waals surface area contributed by atoms with Crippen molar-refractivity contribution in [1.82, 2.24) is 10.2 Å². The summed E-state index contributed by atoms with van der Waals surface area (Å²) in [6, 6.07) is 26.2. The molecule has 2 amide bonds. The number of nitrogens with one attached hydrogen (secondary N) is 1. The molecule has 1 aliphatic rings. The third kappa shape index (κ3) is 9.11. The molecule has 0 heterocycles. The number of amides is 2. The molecule has 1 aliphatic carbocycles. The molecular formula is C37H38Cl3N3O4S. The summed E-state index contributed by atoms with van der Waals surface area (Å²) in [6.07, 6.45) is 5.10. The number of benzene rings is 4. The molecule has 48 heavy (non-hydrogen) atoms. The van der Waals surface area contributed by atoms with Gasteiger partial charge in [-0.2, -0.15) is 0 Å². The van der Waals surface area contributed by atoms with Gasteiger partial charge in [-0.15, -0.1) is 0 Å². The molecule has 252 valence electrons. The lowest BCUT2D eigenvalue weighted by Crippen LogP contribution is -2.55. The molecule has 0 aliphatic heterocycles. The summed E-state index contributed by atoms with van der Waals surface area (Å²) in [5, 5.41) is 4.34. The predicted molar refractivity (Wildman–Crippen MR) is 193 cm³/mol. The summed E-state index contributed by atoms with van der Waals surface area (Å²) < 4.78 is 29.5. The Morgan fingerprint density at radius 1 is 0.833 bits per heavy atom. The molecule has 4 aromatic rings. The van der Waals surface area contributed by atoms with Gasteiger partial charge >= 0.3 is 0 Å². The fourth-order valence-electron chi connectivity index (χ4n) is 5.98.